The third-order valence-electron chi connectivity index (χ3n) is 4.44. The maximum atomic E-state index is 13.9. The summed E-state index contributed by atoms with van der Waals surface area (Å²) in [5.74, 6) is 0.534. The number of piperidine rings is 1. The Kier molecular flexibility index (Phi) is 5.07. The molecule has 2 heterocycles. The Hall–Kier alpha value is -2.45. The fourth-order valence-electron chi connectivity index (χ4n) is 2.93. The number of halogens is 1. The second-order valence-corrected chi connectivity index (χ2v) is 6.18. The highest BCUT2D eigenvalue weighted by atomic mass is 19.1. The highest BCUT2D eigenvalue weighted by molar-refractivity contribution is 5.32. The van der Waals surface area contributed by atoms with Crippen LogP contribution in [0.25, 0.3) is 0 Å². The number of ether oxygens (including phenoxy) is 1. The van der Waals surface area contributed by atoms with Crippen LogP contribution in [-0.4, -0.2) is 30.0 Å². The largest absolute Gasteiger partial charge is 0.473 e. The molecular formula is C19H20FN3O. The lowest BCUT2D eigenvalue weighted by atomic mass is 9.93. The number of hydrogen-bond donors (Lipinski definition) is 0. The van der Waals surface area contributed by atoms with Crippen molar-refractivity contribution in [2.75, 3.05) is 20.1 Å². The van der Waals surface area contributed by atoms with E-state index < -0.39 is 5.82 Å². The standard InChI is InChI=1S/C19H20FN3O/c1-23-9-7-15(8-10-23)18-3-2-4-19(22-18)24-13-16-6-5-14(12-21)11-17(16)20/h2-6,11,15H,7-10,13H2,1H3. The lowest BCUT2D eigenvalue weighted by Gasteiger charge is -2.28. The van der Waals surface area contributed by atoms with Gasteiger partial charge in [0.05, 0.1) is 11.6 Å². The number of hydrogen-bond acceptors (Lipinski definition) is 4. The van der Waals surface area contributed by atoms with Crippen LogP contribution in [-0.2, 0) is 6.61 Å². The number of nitrogens with zero attached hydrogens (tertiary/aromatic N) is 3. The van der Waals surface area contributed by atoms with Crippen LogP contribution < -0.4 is 4.74 Å². The first-order chi connectivity index (χ1) is 11.7. The average molecular weight is 325 g/mol. The van der Waals surface area contributed by atoms with Gasteiger partial charge in [0.15, 0.2) is 0 Å². The van der Waals surface area contributed by atoms with Gasteiger partial charge >= 0.3 is 0 Å². The maximum absolute atomic E-state index is 13.9. The SMILES string of the molecule is CN1CCC(c2cccc(OCc3ccc(C#N)cc3F)n2)CC1. The summed E-state index contributed by atoms with van der Waals surface area (Å²) in [4.78, 5) is 6.91. The first kappa shape index (κ1) is 16.4. The van der Waals surface area contributed by atoms with E-state index in [0.717, 1.165) is 31.6 Å². The molecule has 1 aliphatic rings. The predicted octanol–water partition coefficient (Wildman–Crippen LogP) is 3.48. The molecule has 5 heteroatoms. The number of rotatable bonds is 4. The lowest BCUT2D eigenvalue weighted by Crippen LogP contribution is -2.29. The highest BCUT2D eigenvalue weighted by Gasteiger charge is 2.19. The van der Waals surface area contributed by atoms with Crippen LogP contribution in [0.15, 0.2) is 36.4 Å². The molecule has 1 aromatic carbocycles. The third kappa shape index (κ3) is 3.90. The van der Waals surface area contributed by atoms with Gasteiger partial charge in [0.1, 0.15) is 12.4 Å². The monoisotopic (exact) mass is 325 g/mol. The molecule has 4 nitrogen and oxygen atoms in total. The number of aromatic nitrogens is 1. The molecule has 0 spiro atoms. The van der Waals surface area contributed by atoms with Crippen molar-refractivity contribution in [3.63, 3.8) is 0 Å². The van der Waals surface area contributed by atoms with Crippen LogP contribution >= 0.6 is 0 Å². The van der Waals surface area contributed by atoms with Gasteiger partial charge in [-0.3, -0.25) is 0 Å². The molecule has 1 fully saturated rings. The molecule has 1 saturated heterocycles. The molecule has 0 unspecified atom stereocenters. The van der Waals surface area contributed by atoms with E-state index >= 15 is 0 Å². The molecular weight excluding hydrogens is 305 g/mol. The van der Waals surface area contributed by atoms with Crippen molar-refractivity contribution in [2.24, 2.45) is 0 Å². The van der Waals surface area contributed by atoms with Crippen LogP contribution in [0, 0.1) is 17.1 Å². The summed E-state index contributed by atoms with van der Waals surface area (Å²) in [6, 6.07) is 12.1. The summed E-state index contributed by atoms with van der Waals surface area (Å²) in [5, 5.41) is 8.77. The summed E-state index contributed by atoms with van der Waals surface area (Å²) in [6.45, 7) is 2.25. The van der Waals surface area contributed by atoms with E-state index in [2.05, 4.69) is 16.9 Å². The van der Waals surface area contributed by atoms with E-state index in [1.54, 1.807) is 18.2 Å². The van der Waals surface area contributed by atoms with E-state index in [4.69, 9.17) is 10.00 Å². The Bertz CT molecular complexity index is 749. The molecule has 0 radical (unpaired) electrons. The number of likely N-dealkylation sites (tertiary alicyclic amines) is 1. The van der Waals surface area contributed by atoms with E-state index in [1.807, 2.05) is 18.2 Å². The van der Waals surface area contributed by atoms with Crippen molar-refractivity contribution < 1.29 is 9.13 Å². The molecule has 0 saturated carbocycles. The Balaban J connectivity index is 1.66. The molecule has 0 amide bonds. The Morgan fingerprint density at radius 2 is 2.08 bits per heavy atom. The molecule has 3 rings (SSSR count). The van der Waals surface area contributed by atoms with Crippen LogP contribution in [0.5, 0.6) is 5.88 Å². The summed E-state index contributed by atoms with van der Waals surface area (Å²) in [6.07, 6.45) is 2.19. The Labute approximate surface area is 141 Å². The summed E-state index contributed by atoms with van der Waals surface area (Å²) < 4.78 is 19.5. The maximum Gasteiger partial charge on any atom is 0.213 e. The molecule has 1 aliphatic heterocycles. The van der Waals surface area contributed by atoms with Gasteiger partial charge in [-0.05, 0) is 51.2 Å². The summed E-state index contributed by atoms with van der Waals surface area (Å²) in [5.41, 5.74) is 1.76. The highest BCUT2D eigenvalue weighted by Crippen LogP contribution is 2.27. The zero-order valence-corrected chi connectivity index (χ0v) is 13.7. The van der Waals surface area contributed by atoms with Gasteiger partial charge in [0, 0.05) is 23.2 Å². The topological polar surface area (TPSA) is 49.1 Å². The minimum atomic E-state index is -0.430. The zero-order chi connectivity index (χ0) is 16.9. The fraction of sp³-hybridized carbons (Fsp3) is 0.368. The summed E-state index contributed by atoms with van der Waals surface area (Å²) >= 11 is 0. The molecule has 124 valence electrons. The van der Waals surface area contributed by atoms with E-state index in [-0.39, 0.29) is 6.61 Å². The van der Waals surface area contributed by atoms with Crippen LogP contribution in [0.4, 0.5) is 4.39 Å². The van der Waals surface area contributed by atoms with Gasteiger partial charge in [0.25, 0.3) is 0 Å². The van der Waals surface area contributed by atoms with Crippen molar-refractivity contribution in [3.8, 4) is 11.9 Å². The van der Waals surface area contributed by atoms with Gasteiger partial charge in [-0.2, -0.15) is 5.26 Å². The molecule has 24 heavy (non-hydrogen) atoms. The zero-order valence-electron chi connectivity index (χ0n) is 13.7. The van der Waals surface area contributed by atoms with Crippen molar-refractivity contribution >= 4 is 0 Å². The first-order valence-corrected chi connectivity index (χ1v) is 8.12. The molecule has 0 N–H and O–H groups in total. The third-order valence-corrected chi connectivity index (χ3v) is 4.44. The van der Waals surface area contributed by atoms with Gasteiger partial charge in [-0.1, -0.05) is 12.1 Å². The molecule has 0 bridgehead atoms. The quantitative estimate of drug-likeness (QED) is 0.863. The molecule has 0 aliphatic carbocycles. The smallest absolute Gasteiger partial charge is 0.213 e. The molecule has 2 aromatic rings. The van der Waals surface area contributed by atoms with E-state index in [9.17, 15) is 4.39 Å². The van der Waals surface area contributed by atoms with E-state index in [1.165, 1.54) is 6.07 Å². The summed E-state index contributed by atoms with van der Waals surface area (Å²) in [7, 11) is 2.13. The van der Waals surface area contributed by atoms with Crippen molar-refractivity contribution in [1.82, 2.24) is 9.88 Å². The second-order valence-electron chi connectivity index (χ2n) is 6.18. The van der Waals surface area contributed by atoms with Crippen molar-refractivity contribution in [1.29, 1.82) is 5.26 Å². The van der Waals surface area contributed by atoms with Gasteiger partial charge in [-0.25, -0.2) is 9.37 Å². The minimum absolute atomic E-state index is 0.0986. The minimum Gasteiger partial charge on any atom is -0.473 e. The van der Waals surface area contributed by atoms with Gasteiger partial charge in [0.2, 0.25) is 5.88 Å². The van der Waals surface area contributed by atoms with Crippen molar-refractivity contribution in [2.45, 2.75) is 25.4 Å². The second kappa shape index (κ2) is 7.41. The Morgan fingerprint density at radius 3 is 2.79 bits per heavy atom. The Morgan fingerprint density at radius 1 is 1.29 bits per heavy atom. The number of benzene rings is 1. The normalized spacial score (nSPS) is 15.9. The van der Waals surface area contributed by atoms with Gasteiger partial charge in [-0.15, -0.1) is 0 Å². The van der Waals surface area contributed by atoms with Gasteiger partial charge < -0.3 is 9.64 Å². The number of nitriles is 1. The fourth-order valence-corrected chi connectivity index (χ4v) is 2.93. The van der Waals surface area contributed by atoms with Crippen molar-refractivity contribution in [3.05, 3.63) is 59.0 Å². The molecule has 1 aromatic heterocycles. The van der Waals surface area contributed by atoms with E-state index in [0.29, 0.717) is 22.9 Å². The lowest BCUT2D eigenvalue weighted by molar-refractivity contribution is 0.250. The number of pyridine rings is 1. The van der Waals surface area contributed by atoms with Crippen LogP contribution in [0.3, 0.4) is 0 Å². The average Bonchev–Trinajstić information content (AvgIpc) is 2.61. The van der Waals surface area contributed by atoms with Crippen LogP contribution in [0.2, 0.25) is 0 Å². The van der Waals surface area contributed by atoms with Crippen LogP contribution in [0.1, 0.15) is 35.6 Å². The molecule has 0 atom stereocenters. The first-order valence-electron chi connectivity index (χ1n) is 8.12. The predicted molar refractivity (Wildman–Crippen MR) is 89.2 cm³/mol.